The van der Waals surface area contributed by atoms with E-state index >= 15 is 0 Å². The number of piperazine rings is 1. The standard InChI is InChI=1S/C21H24N6O3S3/c1-12-8-15-17(11-24-12)32-20(25-15)21(28)26-4-6-27(7-5-26)33(29,30)18-10-14-9-13(19(22)23)2-3-16(14)31-18/h2-3,9-10,12,24H,4-8,11H2,1H3,(H3,22,23). The lowest BCUT2D eigenvalue weighted by Gasteiger charge is -2.33. The number of nitrogen functional groups attached to an aromatic ring is 1. The molecule has 3 aromatic rings. The smallest absolute Gasteiger partial charge is 0.282 e. The van der Waals surface area contributed by atoms with Gasteiger partial charge in [-0.2, -0.15) is 4.31 Å². The number of carbonyl (C=O) groups excluding carboxylic acids is 1. The molecule has 0 radical (unpaired) electrons. The number of aromatic nitrogens is 1. The SMILES string of the molecule is CC1Cc2nc(C(=O)N3CCN(S(=O)(=O)c4cc5cc(C(=N)N)ccc5s4)CC3)sc2CN1. The summed E-state index contributed by atoms with van der Waals surface area (Å²) in [4.78, 5) is 20.4. The first-order valence-electron chi connectivity index (χ1n) is 10.6. The Morgan fingerprint density at radius 1 is 1.21 bits per heavy atom. The lowest BCUT2D eigenvalue weighted by molar-refractivity contribution is 0.0697. The molecule has 4 heterocycles. The molecule has 0 spiro atoms. The summed E-state index contributed by atoms with van der Waals surface area (Å²) < 4.78 is 29.0. The average Bonchev–Trinajstić information content (AvgIpc) is 3.42. The Balaban J connectivity index is 1.29. The van der Waals surface area contributed by atoms with Crippen molar-refractivity contribution in [2.75, 3.05) is 26.2 Å². The molecular weight excluding hydrogens is 480 g/mol. The summed E-state index contributed by atoms with van der Waals surface area (Å²) in [5.74, 6) is -0.183. The molecule has 33 heavy (non-hydrogen) atoms. The third-order valence-electron chi connectivity index (χ3n) is 6.00. The van der Waals surface area contributed by atoms with Crippen molar-refractivity contribution in [2.24, 2.45) is 5.73 Å². The number of benzene rings is 1. The maximum Gasteiger partial charge on any atom is 0.282 e. The second-order valence-electron chi connectivity index (χ2n) is 8.30. The molecule has 2 aromatic heterocycles. The minimum absolute atomic E-state index is 0.0554. The number of nitrogens with one attached hydrogen (secondary N) is 2. The lowest BCUT2D eigenvalue weighted by Crippen LogP contribution is -2.50. The molecule has 1 aromatic carbocycles. The van der Waals surface area contributed by atoms with Gasteiger partial charge in [0, 0.05) is 60.3 Å². The number of amidine groups is 1. The van der Waals surface area contributed by atoms with Crippen LogP contribution in [0.25, 0.3) is 10.1 Å². The number of rotatable bonds is 4. The summed E-state index contributed by atoms with van der Waals surface area (Å²) in [5.41, 5.74) is 7.10. The molecule has 9 nitrogen and oxygen atoms in total. The summed E-state index contributed by atoms with van der Waals surface area (Å²) in [6, 6.07) is 7.22. The number of thiazole rings is 1. The van der Waals surface area contributed by atoms with Crippen LogP contribution in [0.15, 0.2) is 28.5 Å². The predicted octanol–water partition coefficient (Wildman–Crippen LogP) is 1.82. The monoisotopic (exact) mass is 504 g/mol. The minimum atomic E-state index is -3.67. The van der Waals surface area contributed by atoms with Crippen molar-refractivity contribution in [3.05, 3.63) is 45.4 Å². The Morgan fingerprint density at radius 3 is 2.70 bits per heavy atom. The highest BCUT2D eigenvalue weighted by molar-refractivity contribution is 7.91. The summed E-state index contributed by atoms with van der Waals surface area (Å²) in [7, 11) is -3.67. The van der Waals surface area contributed by atoms with Crippen LogP contribution in [0.1, 0.15) is 32.9 Å². The fourth-order valence-corrected chi connectivity index (χ4v) is 8.07. The van der Waals surface area contributed by atoms with Crippen LogP contribution < -0.4 is 11.1 Å². The van der Waals surface area contributed by atoms with Crippen LogP contribution >= 0.6 is 22.7 Å². The van der Waals surface area contributed by atoms with Crippen LogP contribution in [0.2, 0.25) is 0 Å². The molecule has 1 saturated heterocycles. The number of nitrogens with zero attached hydrogens (tertiary/aromatic N) is 3. The Kier molecular flexibility index (Phi) is 5.73. The molecule has 4 N–H and O–H groups in total. The minimum Gasteiger partial charge on any atom is -0.384 e. The molecule has 1 atom stereocenters. The van der Waals surface area contributed by atoms with E-state index in [9.17, 15) is 13.2 Å². The van der Waals surface area contributed by atoms with Crippen molar-refractivity contribution in [3.8, 4) is 0 Å². The molecule has 12 heteroatoms. The first kappa shape index (κ1) is 22.4. The first-order chi connectivity index (χ1) is 15.7. The van der Waals surface area contributed by atoms with Gasteiger partial charge in [-0.1, -0.05) is 0 Å². The van der Waals surface area contributed by atoms with Gasteiger partial charge < -0.3 is 16.0 Å². The summed E-state index contributed by atoms with van der Waals surface area (Å²) in [5, 5.41) is 12.2. The highest BCUT2D eigenvalue weighted by atomic mass is 32.2. The molecule has 0 bridgehead atoms. The van der Waals surface area contributed by atoms with Crippen molar-refractivity contribution in [3.63, 3.8) is 0 Å². The second kappa shape index (κ2) is 8.44. The van der Waals surface area contributed by atoms with Crippen molar-refractivity contribution in [2.45, 2.75) is 30.1 Å². The van der Waals surface area contributed by atoms with E-state index in [-0.39, 0.29) is 29.0 Å². The van der Waals surface area contributed by atoms with Crippen LogP contribution in [0, 0.1) is 5.41 Å². The van der Waals surface area contributed by atoms with Gasteiger partial charge >= 0.3 is 0 Å². The van der Waals surface area contributed by atoms with Crippen LogP contribution in [0.3, 0.4) is 0 Å². The molecular formula is C21H24N6O3S3. The van der Waals surface area contributed by atoms with Crippen LogP contribution in [0.5, 0.6) is 0 Å². The normalized spacial score (nSPS) is 19.5. The molecule has 1 amide bonds. The zero-order valence-corrected chi connectivity index (χ0v) is 20.4. The van der Waals surface area contributed by atoms with E-state index in [0.717, 1.165) is 33.6 Å². The van der Waals surface area contributed by atoms with E-state index in [1.807, 2.05) is 0 Å². The number of amides is 1. The van der Waals surface area contributed by atoms with Gasteiger partial charge in [-0.15, -0.1) is 22.7 Å². The Morgan fingerprint density at radius 2 is 1.97 bits per heavy atom. The zero-order valence-electron chi connectivity index (χ0n) is 18.0. The average molecular weight is 505 g/mol. The largest absolute Gasteiger partial charge is 0.384 e. The summed E-state index contributed by atoms with van der Waals surface area (Å²) >= 11 is 2.63. The van der Waals surface area contributed by atoms with Crippen molar-refractivity contribution < 1.29 is 13.2 Å². The van der Waals surface area contributed by atoms with Gasteiger partial charge in [-0.05, 0) is 36.6 Å². The van der Waals surface area contributed by atoms with Gasteiger partial charge in [-0.3, -0.25) is 10.2 Å². The molecule has 0 saturated carbocycles. The van der Waals surface area contributed by atoms with E-state index in [2.05, 4.69) is 17.2 Å². The number of fused-ring (bicyclic) bond motifs is 2. The number of hydrogen-bond donors (Lipinski definition) is 3. The number of hydrogen-bond acceptors (Lipinski definition) is 8. The zero-order chi connectivity index (χ0) is 23.3. The summed E-state index contributed by atoms with van der Waals surface area (Å²) in [6.45, 7) is 3.97. The van der Waals surface area contributed by atoms with E-state index in [0.29, 0.717) is 29.7 Å². The molecule has 2 aliphatic rings. The summed E-state index contributed by atoms with van der Waals surface area (Å²) in [6.07, 6.45) is 0.814. The van der Waals surface area contributed by atoms with Crippen molar-refractivity contribution in [1.82, 2.24) is 19.5 Å². The van der Waals surface area contributed by atoms with Gasteiger partial charge in [0.1, 0.15) is 10.0 Å². The second-order valence-corrected chi connectivity index (χ2v) is 12.6. The van der Waals surface area contributed by atoms with Crippen LogP contribution in [-0.2, 0) is 23.0 Å². The van der Waals surface area contributed by atoms with Gasteiger partial charge in [0.25, 0.3) is 15.9 Å². The molecule has 2 aliphatic heterocycles. The van der Waals surface area contributed by atoms with Crippen molar-refractivity contribution in [1.29, 1.82) is 5.41 Å². The van der Waals surface area contributed by atoms with E-state index in [1.165, 1.54) is 27.0 Å². The molecule has 174 valence electrons. The fraction of sp³-hybridized carbons (Fsp3) is 0.381. The topological polar surface area (TPSA) is 132 Å². The fourth-order valence-electron chi connectivity index (χ4n) is 4.11. The number of nitrogens with two attached hydrogens (primary N) is 1. The maximum absolute atomic E-state index is 13.2. The third kappa shape index (κ3) is 4.17. The van der Waals surface area contributed by atoms with E-state index in [1.54, 1.807) is 29.2 Å². The van der Waals surface area contributed by atoms with Crippen molar-refractivity contribution >= 4 is 54.5 Å². The van der Waals surface area contributed by atoms with Crippen LogP contribution in [-0.4, -0.2) is 66.6 Å². The van der Waals surface area contributed by atoms with Gasteiger partial charge in [0.05, 0.1) is 5.69 Å². The third-order valence-corrected chi connectivity index (χ3v) is 10.5. The van der Waals surface area contributed by atoms with E-state index in [4.69, 9.17) is 11.1 Å². The number of carbonyl (C=O) groups is 1. The first-order valence-corrected chi connectivity index (χ1v) is 13.7. The highest BCUT2D eigenvalue weighted by Gasteiger charge is 2.33. The van der Waals surface area contributed by atoms with E-state index < -0.39 is 10.0 Å². The Labute approximate surface area is 199 Å². The molecule has 1 fully saturated rings. The highest BCUT2D eigenvalue weighted by Crippen LogP contribution is 2.32. The van der Waals surface area contributed by atoms with Crippen LogP contribution in [0.4, 0.5) is 0 Å². The quantitative estimate of drug-likeness (QED) is 0.367. The molecule has 1 unspecified atom stereocenters. The van der Waals surface area contributed by atoms with Gasteiger partial charge in [0.15, 0.2) is 5.01 Å². The molecule has 5 rings (SSSR count). The number of thiophene rings is 1. The lowest BCUT2D eigenvalue weighted by atomic mass is 10.1. The van der Waals surface area contributed by atoms with Gasteiger partial charge in [0.2, 0.25) is 0 Å². The Hall–Kier alpha value is -2.38. The number of sulfonamides is 1. The van der Waals surface area contributed by atoms with Gasteiger partial charge in [-0.25, -0.2) is 13.4 Å². The molecule has 0 aliphatic carbocycles. The predicted molar refractivity (Wildman–Crippen MR) is 130 cm³/mol. The Bertz CT molecular complexity index is 1350. The maximum atomic E-state index is 13.2.